The van der Waals surface area contributed by atoms with Crippen molar-refractivity contribution in [1.82, 2.24) is 0 Å². The quantitative estimate of drug-likeness (QED) is 0.191. The Labute approximate surface area is 314 Å². The molecule has 0 bridgehead atoms. The van der Waals surface area contributed by atoms with E-state index in [4.69, 9.17) is 6.42 Å². The van der Waals surface area contributed by atoms with Gasteiger partial charge in [-0.15, -0.1) is 6.42 Å². The third-order valence-corrected chi connectivity index (χ3v) is 9.87. The molecule has 0 N–H and O–H groups in total. The highest BCUT2D eigenvalue weighted by Gasteiger charge is 2.40. The molecule has 3 aromatic rings. The molecule has 268 valence electrons. The second kappa shape index (κ2) is 14.1. The summed E-state index contributed by atoms with van der Waals surface area (Å²) in [5, 5.41) is 0. The summed E-state index contributed by atoms with van der Waals surface area (Å²) in [4.78, 5) is 0. The van der Waals surface area contributed by atoms with E-state index < -0.39 is 5.41 Å². The molecule has 51 heavy (non-hydrogen) atoms. The first-order valence-corrected chi connectivity index (χ1v) is 18.5. The molecule has 0 aromatic heterocycles. The van der Waals surface area contributed by atoms with Gasteiger partial charge in [-0.25, -0.2) is 0 Å². The Balaban J connectivity index is 2.90. The minimum atomic E-state index is -0.877. The maximum atomic E-state index is 5.41. The van der Waals surface area contributed by atoms with Crippen molar-refractivity contribution in [2.75, 3.05) is 0 Å². The first kappa shape index (κ1) is 41.3. The van der Waals surface area contributed by atoms with Crippen molar-refractivity contribution < 1.29 is 0 Å². The Morgan fingerprint density at radius 3 is 0.706 bits per heavy atom. The predicted octanol–water partition coefficient (Wildman–Crippen LogP) is 12.4. The molecule has 0 fully saturated rings. The Hall–Kier alpha value is -4.10. The lowest BCUT2D eigenvalue weighted by Gasteiger charge is -2.38. The average Bonchev–Trinajstić information content (AvgIpc) is 2.97. The number of hydrogen-bond donors (Lipinski definition) is 0. The van der Waals surface area contributed by atoms with Gasteiger partial charge in [-0.05, 0) is 118 Å². The summed E-state index contributed by atoms with van der Waals surface area (Å²) in [5.41, 5.74) is 9.76. The first-order valence-electron chi connectivity index (χ1n) is 18.5. The van der Waals surface area contributed by atoms with Gasteiger partial charge in [-0.1, -0.05) is 185 Å². The zero-order valence-electron chi connectivity index (χ0n) is 35.3. The van der Waals surface area contributed by atoms with Crippen LogP contribution in [0.5, 0.6) is 0 Å². The summed E-state index contributed by atoms with van der Waals surface area (Å²) >= 11 is 0. The van der Waals surface area contributed by atoms with Crippen molar-refractivity contribution in [3.05, 3.63) is 105 Å². The van der Waals surface area contributed by atoms with Crippen molar-refractivity contribution in [3.63, 3.8) is 0 Å². The van der Waals surface area contributed by atoms with Crippen molar-refractivity contribution in [2.45, 2.75) is 163 Å². The van der Waals surface area contributed by atoms with Gasteiger partial charge in [-0.3, -0.25) is 0 Å². The van der Waals surface area contributed by atoms with Crippen molar-refractivity contribution in [2.24, 2.45) is 0 Å². The van der Waals surface area contributed by atoms with Gasteiger partial charge < -0.3 is 0 Å². The molecule has 0 saturated heterocycles. The van der Waals surface area contributed by atoms with E-state index in [1.807, 2.05) is 0 Å². The Kier molecular flexibility index (Phi) is 11.5. The van der Waals surface area contributed by atoms with Crippen LogP contribution in [0, 0.1) is 47.9 Å². The molecule has 0 radical (unpaired) electrons. The maximum absolute atomic E-state index is 5.41. The zero-order valence-corrected chi connectivity index (χ0v) is 35.3. The molecule has 0 aliphatic rings. The smallest absolute Gasteiger partial charge is 0.106 e. The van der Waals surface area contributed by atoms with Crippen LogP contribution in [0.3, 0.4) is 0 Å². The molecule has 0 nitrogen and oxygen atoms in total. The van der Waals surface area contributed by atoms with Gasteiger partial charge in [0.25, 0.3) is 0 Å². The molecule has 0 aliphatic carbocycles. The first-order chi connectivity index (χ1) is 23.0. The highest BCUT2D eigenvalue weighted by atomic mass is 14.4. The number of benzene rings is 3. The fraction of sp³-hybridized carbons (Fsp3) is 0.490. The molecule has 0 atom stereocenters. The van der Waals surface area contributed by atoms with E-state index >= 15 is 0 Å². The number of terminal acetylenes is 1. The second-order valence-electron chi connectivity index (χ2n) is 20.5. The van der Waals surface area contributed by atoms with Gasteiger partial charge in [0.05, 0.1) is 0 Å². The van der Waals surface area contributed by atoms with Gasteiger partial charge in [0.2, 0.25) is 0 Å². The lowest BCUT2D eigenvalue weighted by Crippen LogP contribution is -2.32. The molecular formula is C51H64. The second-order valence-corrected chi connectivity index (χ2v) is 20.5. The van der Waals surface area contributed by atoms with E-state index in [0.717, 1.165) is 16.7 Å². The Morgan fingerprint density at radius 2 is 0.490 bits per heavy atom. The van der Waals surface area contributed by atoms with Crippen LogP contribution in [0.4, 0.5) is 0 Å². The van der Waals surface area contributed by atoms with E-state index in [2.05, 4.69) is 221 Å². The van der Waals surface area contributed by atoms with E-state index in [1.54, 1.807) is 0 Å². The number of rotatable bonds is 3. The van der Waals surface area contributed by atoms with Crippen LogP contribution in [-0.2, 0) is 37.9 Å². The van der Waals surface area contributed by atoms with Crippen LogP contribution in [0.1, 0.15) is 175 Å². The standard InChI is InChI=1S/C51H64/c1-20-21-22-23-24-25-26-51(42-30-36(45(2,3)4)27-37(31-42)46(5,6)7,43-32-38(47(8,9)10)28-39(33-43)48(11,12)13)44-34-40(49(14,15)16)29-41(35-44)50(17,18)19/h1,27-35H,2-19H3. The van der Waals surface area contributed by atoms with Crippen LogP contribution in [0.25, 0.3) is 0 Å². The van der Waals surface area contributed by atoms with Crippen LogP contribution >= 0.6 is 0 Å². The minimum absolute atomic E-state index is 0.0898. The molecule has 0 amide bonds. The lowest BCUT2D eigenvalue weighted by atomic mass is 9.64. The topological polar surface area (TPSA) is 0 Å². The predicted molar refractivity (Wildman–Crippen MR) is 224 cm³/mol. The molecule has 3 aromatic carbocycles. The Morgan fingerprint density at radius 1 is 0.294 bits per heavy atom. The SMILES string of the molecule is C#CC#CC#CC#CC(c1cc(C(C)(C)C)cc(C(C)(C)C)c1)(c1cc(C(C)(C)C)cc(C(C)(C)C)c1)c1cc(C(C)(C)C)cc(C(C)(C)C)c1. The van der Waals surface area contributed by atoms with Crippen molar-refractivity contribution >= 4 is 0 Å². The third kappa shape index (κ3) is 9.82. The van der Waals surface area contributed by atoms with Crippen LogP contribution in [0.15, 0.2) is 54.6 Å². The minimum Gasteiger partial charge on any atom is -0.106 e. The summed E-state index contributed by atoms with van der Waals surface area (Å²) in [6, 6.07) is 21.7. The molecular weight excluding hydrogens is 613 g/mol. The summed E-state index contributed by atoms with van der Waals surface area (Å²) in [6.07, 6.45) is 5.41. The monoisotopic (exact) mass is 677 g/mol. The summed E-state index contributed by atoms with van der Waals surface area (Å²) in [7, 11) is 0. The largest absolute Gasteiger partial charge is 0.107 e. The van der Waals surface area contributed by atoms with Gasteiger partial charge >= 0.3 is 0 Å². The van der Waals surface area contributed by atoms with Crippen LogP contribution < -0.4 is 0 Å². The van der Waals surface area contributed by atoms with Crippen molar-refractivity contribution in [3.8, 4) is 47.9 Å². The highest BCUT2D eigenvalue weighted by Crippen LogP contribution is 2.47. The average molecular weight is 677 g/mol. The molecule has 0 heterocycles. The molecule has 3 rings (SSSR count). The summed E-state index contributed by atoms with van der Waals surface area (Å²) in [5.74, 6) is 21.0. The van der Waals surface area contributed by atoms with E-state index in [-0.39, 0.29) is 32.5 Å². The third-order valence-electron chi connectivity index (χ3n) is 9.87. The normalized spacial score (nSPS) is 12.8. The fourth-order valence-electron chi connectivity index (χ4n) is 6.10. The van der Waals surface area contributed by atoms with Gasteiger partial charge in [0.15, 0.2) is 0 Å². The Bertz CT molecular complexity index is 1710. The summed E-state index contributed by atoms with van der Waals surface area (Å²) < 4.78 is 0. The molecule has 0 unspecified atom stereocenters. The molecule has 0 spiro atoms. The molecule has 0 heteroatoms. The lowest BCUT2D eigenvalue weighted by molar-refractivity contribution is 0.558. The highest BCUT2D eigenvalue weighted by molar-refractivity contribution is 5.64. The van der Waals surface area contributed by atoms with Gasteiger partial charge in [-0.2, -0.15) is 0 Å². The molecule has 0 saturated carbocycles. The van der Waals surface area contributed by atoms with Crippen molar-refractivity contribution in [1.29, 1.82) is 0 Å². The van der Waals surface area contributed by atoms with E-state index in [0.29, 0.717) is 0 Å². The summed E-state index contributed by atoms with van der Waals surface area (Å²) in [6.45, 7) is 41.5. The van der Waals surface area contributed by atoms with Gasteiger partial charge in [0.1, 0.15) is 5.41 Å². The van der Waals surface area contributed by atoms with E-state index in [1.165, 1.54) is 33.4 Å². The van der Waals surface area contributed by atoms with Crippen LogP contribution in [-0.4, -0.2) is 0 Å². The van der Waals surface area contributed by atoms with Crippen LogP contribution in [0.2, 0.25) is 0 Å². The maximum Gasteiger partial charge on any atom is 0.107 e. The van der Waals surface area contributed by atoms with E-state index in [9.17, 15) is 0 Å². The zero-order chi connectivity index (χ0) is 39.0. The molecule has 0 aliphatic heterocycles. The number of hydrogen-bond acceptors (Lipinski definition) is 0. The fourth-order valence-corrected chi connectivity index (χ4v) is 6.10. The van der Waals surface area contributed by atoms with Gasteiger partial charge in [0, 0.05) is 0 Å².